The fourth-order valence-electron chi connectivity index (χ4n) is 1.15. The van der Waals surface area contributed by atoms with Crippen molar-refractivity contribution in [3.63, 3.8) is 0 Å². The Balaban J connectivity index is 2.91. The summed E-state index contributed by atoms with van der Waals surface area (Å²) in [6.45, 7) is 5.60. The van der Waals surface area contributed by atoms with Crippen molar-refractivity contribution in [2.75, 3.05) is 0 Å². The third kappa shape index (κ3) is 4.16. The van der Waals surface area contributed by atoms with Gasteiger partial charge in [-0.3, -0.25) is 4.79 Å². The van der Waals surface area contributed by atoms with Gasteiger partial charge in [0.1, 0.15) is 0 Å². The summed E-state index contributed by atoms with van der Waals surface area (Å²) in [5.74, 6) is -0.189. The Labute approximate surface area is 120 Å². The van der Waals surface area contributed by atoms with Gasteiger partial charge < -0.3 is 5.32 Å². The molecule has 0 spiro atoms. The van der Waals surface area contributed by atoms with Crippen LogP contribution < -0.4 is 5.32 Å². The lowest BCUT2D eigenvalue weighted by Gasteiger charge is -2.29. The Kier molecular flexibility index (Phi) is 4.87. The first-order valence-electron chi connectivity index (χ1n) is 5.15. The van der Waals surface area contributed by atoms with Crippen LogP contribution in [0.2, 0.25) is 5.02 Å². The molecule has 0 bridgehead atoms. The average Bonchev–Trinajstić information content (AvgIpc) is 2.15. The Morgan fingerprint density at radius 1 is 1.41 bits per heavy atom. The summed E-state index contributed by atoms with van der Waals surface area (Å²) >= 11 is 15.2. The summed E-state index contributed by atoms with van der Waals surface area (Å²) in [6, 6.07) is 5.07. The number of hydrogen-bond donors (Lipinski definition) is 1. The molecule has 1 aromatic carbocycles. The zero-order chi connectivity index (χ0) is 13.2. The van der Waals surface area contributed by atoms with Crippen molar-refractivity contribution in [1.29, 1.82) is 0 Å². The fraction of sp³-hybridized carbons (Fsp3) is 0.417. The van der Waals surface area contributed by atoms with E-state index in [-0.39, 0.29) is 11.3 Å². The lowest BCUT2D eigenvalue weighted by Crippen LogP contribution is -2.49. The third-order valence-corrected chi connectivity index (χ3v) is 3.78. The van der Waals surface area contributed by atoms with Crippen LogP contribution in [0.3, 0.4) is 0 Å². The van der Waals surface area contributed by atoms with E-state index in [1.807, 2.05) is 20.8 Å². The molecule has 1 aromatic rings. The zero-order valence-electron chi connectivity index (χ0n) is 9.85. The molecule has 2 nitrogen and oxygen atoms in total. The second-order valence-electron chi connectivity index (χ2n) is 4.45. The molecule has 0 aliphatic rings. The number of hydrogen-bond acceptors (Lipinski definition) is 1. The second-order valence-corrected chi connectivity index (χ2v) is 6.46. The van der Waals surface area contributed by atoms with Gasteiger partial charge in [-0.05, 0) is 39.0 Å². The average molecular weight is 339 g/mol. The van der Waals surface area contributed by atoms with Crippen molar-refractivity contribution >= 4 is 45.0 Å². The van der Waals surface area contributed by atoms with E-state index in [2.05, 4.69) is 21.2 Å². The van der Waals surface area contributed by atoms with Gasteiger partial charge in [0.2, 0.25) is 0 Å². The van der Waals surface area contributed by atoms with Crippen LogP contribution in [0.4, 0.5) is 0 Å². The van der Waals surface area contributed by atoms with Gasteiger partial charge in [-0.15, -0.1) is 11.6 Å². The van der Waals surface area contributed by atoms with Crippen molar-refractivity contribution in [2.45, 2.75) is 31.7 Å². The van der Waals surface area contributed by atoms with Crippen LogP contribution in [-0.2, 0) is 0 Å². The van der Waals surface area contributed by atoms with Crippen LogP contribution in [-0.4, -0.2) is 16.8 Å². The molecule has 1 unspecified atom stereocenters. The Hall–Kier alpha value is -0.250. The van der Waals surface area contributed by atoms with Crippen molar-refractivity contribution in [1.82, 2.24) is 5.32 Å². The molecular formula is C12H14BrCl2NO. The van der Waals surface area contributed by atoms with Gasteiger partial charge in [-0.1, -0.05) is 27.5 Å². The lowest BCUT2D eigenvalue weighted by atomic mass is 10.0. The Bertz CT molecular complexity index is 412. The summed E-state index contributed by atoms with van der Waals surface area (Å²) < 4.78 is 0.770. The van der Waals surface area contributed by atoms with Crippen LogP contribution >= 0.6 is 39.1 Å². The molecule has 17 heavy (non-hydrogen) atoms. The molecule has 1 atom stereocenters. The molecule has 1 amide bonds. The largest absolute Gasteiger partial charge is 0.346 e. The summed E-state index contributed by atoms with van der Waals surface area (Å²) in [7, 11) is 0. The first kappa shape index (κ1) is 14.8. The quantitative estimate of drug-likeness (QED) is 0.820. The summed E-state index contributed by atoms with van der Waals surface area (Å²) in [6.07, 6.45) is 0. The zero-order valence-corrected chi connectivity index (χ0v) is 12.9. The predicted molar refractivity (Wildman–Crippen MR) is 76.0 cm³/mol. The van der Waals surface area contributed by atoms with E-state index in [4.69, 9.17) is 23.2 Å². The molecule has 94 valence electrons. The van der Waals surface area contributed by atoms with E-state index in [0.29, 0.717) is 10.6 Å². The maximum absolute atomic E-state index is 12.0. The summed E-state index contributed by atoms with van der Waals surface area (Å²) in [5, 5.41) is 3.22. The van der Waals surface area contributed by atoms with Gasteiger partial charge in [0.15, 0.2) is 0 Å². The lowest BCUT2D eigenvalue weighted by molar-refractivity contribution is 0.0912. The Morgan fingerprint density at radius 3 is 2.47 bits per heavy atom. The Morgan fingerprint density at radius 2 is 2.00 bits per heavy atom. The highest BCUT2D eigenvalue weighted by molar-refractivity contribution is 9.10. The minimum absolute atomic E-state index is 0.172. The number of carbonyl (C=O) groups excluding carboxylic acids is 1. The molecule has 0 radical (unpaired) electrons. The monoisotopic (exact) mass is 337 g/mol. The van der Waals surface area contributed by atoms with Crippen LogP contribution in [0.5, 0.6) is 0 Å². The first-order valence-corrected chi connectivity index (χ1v) is 6.76. The van der Waals surface area contributed by atoms with Crippen molar-refractivity contribution in [3.8, 4) is 0 Å². The van der Waals surface area contributed by atoms with Gasteiger partial charge in [-0.25, -0.2) is 0 Å². The maximum Gasteiger partial charge on any atom is 0.251 e. The van der Waals surface area contributed by atoms with Gasteiger partial charge in [0, 0.05) is 15.1 Å². The number of nitrogens with one attached hydrogen (secondary N) is 1. The molecular weight excluding hydrogens is 325 g/mol. The SMILES string of the molecule is CC(Cl)C(C)(C)NC(=O)c1cc(Cl)cc(Br)c1. The summed E-state index contributed by atoms with van der Waals surface area (Å²) in [5.41, 5.74) is 0.0303. The number of benzene rings is 1. The highest BCUT2D eigenvalue weighted by Crippen LogP contribution is 2.21. The van der Waals surface area contributed by atoms with E-state index < -0.39 is 5.54 Å². The minimum atomic E-state index is -0.479. The van der Waals surface area contributed by atoms with E-state index in [0.717, 1.165) is 4.47 Å². The number of amides is 1. The molecule has 5 heteroatoms. The number of halogens is 3. The minimum Gasteiger partial charge on any atom is -0.346 e. The van der Waals surface area contributed by atoms with Crippen molar-refractivity contribution < 1.29 is 4.79 Å². The molecule has 0 saturated heterocycles. The van der Waals surface area contributed by atoms with E-state index in [1.54, 1.807) is 18.2 Å². The van der Waals surface area contributed by atoms with Gasteiger partial charge in [0.25, 0.3) is 5.91 Å². The second kappa shape index (κ2) is 5.59. The molecule has 0 saturated carbocycles. The van der Waals surface area contributed by atoms with Crippen molar-refractivity contribution in [2.24, 2.45) is 0 Å². The normalized spacial score (nSPS) is 13.3. The van der Waals surface area contributed by atoms with Crippen LogP contribution in [0, 0.1) is 0 Å². The molecule has 0 fully saturated rings. The molecule has 0 aromatic heterocycles. The highest BCUT2D eigenvalue weighted by Gasteiger charge is 2.26. The van der Waals surface area contributed by atoms with E-state index in [9.17, 15) is 4.79 Å². The van der Waals surface area contributed by atoms with Crippen LogP contribution in [0.25, 0.3) is 0 Å². The summed E-state index contributed by atoms with van der Waals surface area (Å²) in [4.78, 5) is 12.0. The van der Waals surface area contributed by atoms with E-state index in [1.165, 1.54) is 0 Å². The standard InChI is InChI=1S/C12H14BrCl2NO/c1-7(14)12(2,3)16-11(17)8-4-9(13)6-10(15)5-8/h4-7H,1-3H3,(H,16,17). The van der Waals surface area contributed by atoms with Gasteiger partial charge >= 0.3 is 0 Å². The third-order valence-electron chi connectivity index (χ3n) is 2.55. The maximum atomic E-state index is 12.0. The molecule has 1 N–H and O–H groups in total. The molecule has 0 aliphatic carbocycles. The van der Waals surface area contributed by atoms with E-state index >= 15 is 0 Å². The number of alkyl halides is 1. The predicted octanol–water partition coefficient (Wildman–Crippen LogP) is 4.24. The fourth-order valence-corrected chi connectivity index (χ4v) is 2.06. The molecule has 1 rings (SSSR count). The molecule has 0 aliphatic heterocycles. The topological polar surface area (TPSA) is 29.1 Å². The number of rotatable bonds is 3. The van der Waals surface area contributed by atoms with Crippen LogP contribution in [0.15, 0.2) is 22.7 Å². The first-order chi connectivity index (χ1) is 7.72. The highest BCUT2D eigenvalue weighted by atomic mass is 79.9. The molecule has 0 heterocycles. The van der Waals surface area contributed by atoms with Crippen LogP contribution in [0.1, 0.15) is 31.1 Å². The van der Waals surface area contributed by atoms with Gasteiger partial charge in [0.05, 0.1) is 10.9 Å². The number of carbonyl (C=O) groups is 1. The smallest absolute Gasteiger partial charge is 0.251 e. The van der Waals surface area contributed by atoms with Crippen molar-refractivity contribution in [3.05, 3.63) is 33.3 Å². The van der Waals surface area contributed by atoms with Gasteiger partial charge in [-0.2, -0.15) is 0 Å².